The van der Waals surface area contributed by atoms with Crippen molar-refractivity contribution in [2.45, 2.75) is 19.3 Å². The van der Waals surface area contributed by atoms with Gasteiger partial charge in [0.2, 0.25) is 5.95 Å². The van der Waals surface area contributed by atoms with E-state index in [2.05, 4.69) is 31.7 Å². The fourth-order valence-corrected chi connectivity index (χ4v) is 3.15. The third kappa shape index (κ3) is 2.98. The first-order valence-electron chi connectivity index (χ1n) is 8.48. The molecule has 1 atom stereocenters. The molecule has 8 heteroatoms. The monoisotopic (exact) mass is 362 g/mol. The Kier molecular flexibility index (Phi) is 4.01. The first-order chi connectivity index (χ1) is 13.0. The number of hydrogen-bond acceptors (Lipinski definition) is 8. The molecule has 0 saturated carbocycles. The van der Waals surface area contributed by atoms with E-state index in [1.54, 1.807) is 18.3 Å². The number of nitrogens with one attached hydrogen (secondary N) is 2. The maximum absolute atomic E-state index is 9.83. The number of anilines is 3. The Labute approximate surface area is 155 Å². The smallest absolute Gasteiger partial charge is 0.301 e. The van der Waals surface area contributed by atoms with Crippen molar-refractivity contribution in [2.75, 3.05) is 23.8 Å². The van der Waals surface area contributed by atoms with Crippen LogP contribution in [0.4, 0.5) is 17.7 Å². The van der Waals surface area contributed by atoms with Gasteiger partial charge in [-0.15, -0.1) is 0 Å². The lowest BCUT2D eigenvalue weighted by atomic mass is 9.83. The molecule has 136 valence electrons. The normalized spacial score (nSPS) is 17.9. The molecular weight excluding hydrogens is 344 g/mol. The second kappa shape index (κ2) is 6.37. The van der Waals surface area contributed by atoms with Crippen LogP contribution in [0.25, 0.3) is 11.3 Å². The average Bonchev–Trinajstić information content (AvgIpc) is 3.25. The highest BCUT2D eigenvalue weighted by Gasteiger charge is 2.35. The molecule has 0 spiro atoms. The zero-order valence-corrected chi connectivity index (χ0v) is 14.9. The summed E-state index contributed by atoms with van der Waals surface area (Å²) in [5.41, 5.74) is 3.96. The Morgan fingerprint density at radius 1 is 1.41 bits per heavy atom. The second-order valence-electron chi connectivity index (χ2n) is 6.82. The lowest BCUT2D eigenvalue weighted by molar-refractivity contribution is 0.219. The Balaban J connectivity index is 1.75. The number of rotatable bonds is 4. The van der Waals surface area contributed by atoms with Crippen LogP contribution >= 0.6 is 0 Å². The molecule has 8 nitrogen and oxygen atoms in total. The molecule has 3 heterocycles. The number of nitriles is 1. The molecule has 3 N–H and O–H groups in total. The van der Waals surface area contributed by atoms with E-state index >= 15 is 0 Å². The molecule has 1 unspecified atom stereocenters. The van der Waals surface area contributed by atoms with Gasteiger partial charge in [-0.3, -0.25) is 5.32 Å². The van der Waals surface area contributed by atoms with Gasteiger partial charge >= 0.3 is 6.01 Å². The van der Waals surface area contributed by atoms with E-state index < -0.39 is 5.41 Å². The Morgan fingerprint density at radius 3 is 2.96 bits per heavy atom. The van der Waals surface area contributed by atoms with Crippen molar-refractivity contribution in [2.24, 2.45) is 0 Å². The van der Waals surface area contributed by atoms with Crippen LogP contribution in [0.1, 0.15) is 23.7 Å². The van der Waals surface area contributed by atoms with Crippen molar-refractivity contribution >= 4 is 17.7 Å². The highest BCUT2D eigenvalue weighted by molar-refractivity contribution is 5.76. The highest BCUT2D eigenvalue weighted by atomic mass is 16.4. The van der Waals surface area contributed by atoms with Crippen LogP contribution in [0.5, 0.6) is 0 Å². The lowest BCUT2D eigenvalue weighted by Crippen LogP contribution is -2.28. The first-order valence-corrected chi connectivity index (χ1v) is 8.48. The van der Waals surface area contributed by atoms with Crippen molar-refractivity contribution in [3.63, 3.8) is 0 Å². The summed E-state index contributed by atoms with van der Waals surface area (Å²) in [5, 5.41) is 25.5. The second-order valence-corrected chi connectivity index (χ2v) is 6.82. The predicted octanol–water partition coefficient (Wildman–Crippen LogP) is 2.73. The number of benzene rings is 1. The molecule has 0 bridgehead atoms. The summed E-state index contributed by atoms with van der Waals surface area (Å²) >= 11 is 0. The average molecular weight is 362 g/mol. The first kappa shape index (κ1) is 17.0. The van der Waals surface area contributed by atoms with E-state index in [0.29, 0.717) is 29.8 Å². The number of hydrogen-bond donors (Lipinski definition) is 3. The highest BCUT2D eigenvalue weighted by Crippen LogP contribution is 2.41. The van der Waals surface area contributed by atoms with Gasteiger partial charge in [-0.2, -0.15) is 10.2 Å². The third-order valence-corrected chi connectivity index (χ3v) is 4.70. The summed E-state index contributed by atoms with van der Waals surface area (Å²) in [6, 6.07) is 8.07. The number of fused-ring (bicyclic) bond motifs is 1. The van der Waals surface area contributed by atoms with Crippen molar-refractivity contribution in [3.8, 4) is 17.3 Å². The molecule has 2 aromatic heterocycles. The summed E-state index contributed by atoms with van der Waals surface area (Å²) in [7, 11) is 0. The number of nitrogens with zero attached hydrogens (tertiary/aromatic N) is 4. The van der Waals surface area contributed by atoms with E-state index in [1.807, 2.05) is 19.9 Å². The van der Waals surface area contributed by atoms with E-state index in [9.17, 15) is 10.4 Å². The molecule has 3 aromatic rings. The maximum atomic E-state index is 9.83. The SMILES string of the molecule is Cc1coc(Nc2nccc(-c3cc(C#N)c4c(c3)C(C)(CO)CN4)n2)n1. The fraction of sp³-hybridized carbons (Fsp3) is 0.263. The summed E-state index contributed by atoms with van der Waals surface area (Å²) < 4.78 is 5.27. The largest absolute Gasteiger partial charge is 0.432 e. The summed E-state index contributed by atoms with van der Waals surface area (Å²) in [6.07, 6.45) is 3.16. The topological polar surface area (TPSA) is 120 Å². The van der Waals surface area contributed by atoms with Crippen molar-refractivity contribution in [1.82, 2.24) is 15.0 Å². The van der Waals surface area contributed by atoms with Gasteiger partial charge in [0.15, 0.2) is 0 Å². The third-order valence-electron chi connectivity index (χ3n) is 4.70. The van der Waals surface area contributed by atoms with Crippen molar-refractivity contribution < 1.29 is 9.52 Å². The van der Waals surface area contributed by atoms with Crippen LogP contribution in [-0.4, -0.2) is 33.2 Å². The molecule has 0 saturated heterocycles. The molecule has 0 aliphatic carbocycles. The van der Waals surface area contributed by atoms with E-state index in [0.717, 1.165) is 22.5 Å². The number of oxazole rings is 1. The minimum Gasteiger partial charge on any atom is -0.432 e. The lowest BCUT2D eigenvalue weighted by Gasteiger charge is -2.21. The minimum atomic E-state index is -0.444. The van der Waals surface area contributed by atoms with Gasteiger partial charge in [0, 0.05) is 23.7 Å². The summed E-state index contributed by atoms with van der Waals surface area (Å²) in [4.78, 5) is 12.9. The maximum Gasteiger partial charge on any atom is 0.301 e. The number of aromatic nitrogens is 3. The van der Waals surface area contributed by atoms with E-state index in [1.165, 1.54) is 6.26 Å². The van der Waals surface area contributed by atoms with Crippen molar-refractivity contribution in [1.29, 1.82) is 5.26 Å². The quantitative estimate of drug-likeness (QED) is 0.648. The van der Waals surface area contributed by atoms with Crippen LogP contribution in [0.3, 0.4) is 0 Å². The van der Waals surface area contributed by atoms with Gasteiger partial charge < -0.3 is 14.8 Å². The van der Waals surface area contributed by atoms with Crippen LogP contribution < -0.4 is 10.6 Å². The van der Waals surface area contributed by atoms with E-state index in [-0.39, 0.29) is 6.61 Å². The summed E-state index contributed by atoms with van der Waals surface area (Å²) in [6.45, 7) is 4.36. The Bertz CT molecular complexity index is 1050. The molecule has 27 heavy (non-hydrogen) atoms. The zero-order chi connectivity index (χ0) is 19.0. The van der Waals surface area contributed by atoms with Gasteiger partial charge in [-0.1, -0.05) is 6.92 Å². The van der Waals surface area contributed by atoms with Crippen LogP contribution in [0.15, 0.2) is 35.1 Å². The molecule has 1 aliphatic heterocycles. The van der Waals surface area contributed by atoms with Gasteiger partial charge in [-0.05, 0) is 30.7 Å². The van der Waals surface area contributed by atoms with Gasteiger partial charge in [0.05, 0.1) is 29.2 Å². The van der Waals surface area contributed by atoms with Crippen LogP contribution in [0, 0.1) is 18.3 Å². The molecule has 0 amide bonds. The fourth-order valence-electron chi connectivity index (χ4n) is 3.15. The predicted molar refractivity (Wildman–Crippen MR) is 99.6 cm³/mol. The molecule has 0 radical (unpaired) electrons. The zero-order valence-electron chi connectivity index (χ0n) is 14.9. The molecule has 0 fully saturated rings. The minimum absolute atomic E-state index is 0.0125. The molecular formula is C19H18N6O2. The Hall–Kier alpha value is -3.44. The van der Waals surface area contributed by atoms with Crippen LogP contribution in [-0.2, 0) is 5.41 Å². The summed E-state index contributed by atoms with van der Waals surface area (Å²) in [5.74, 6) is 0.344. The molecule has 4 rings (SSSR count). The standard InChI is InChI=1S/C19H18N6O2/c1-11-8-27-18(23-11)25-17-21-4-3-15(24-17)12-5-13(7-20)16-14(6-12)19(2,10-26)9-22-16/h3-6,8,22,26H,9-10H2,1-2H3,(H,21,23,24,25). The van der Waals surface area contributed by atoms with Crippen LogP contribution in [0.2, 0.25) is 0 Å². The van der Waals surface area contributed by atoms with E-state index in [4.69, 9.17) is 4.42 Å². The molecule has 1 aromatic carbocycles. The van der Waals surface area contributed by atoms with Gasteiger partial charge in [-0.25, -0.2) is 9.97 Å². The number of aliphatic hydroxyl groups is 1. The molecule has 1 aliphatic rings. The number of aryl methyl sites for hydroxylation is 1. The van der Waals surface area contributed by atoms with Crippen molar-refractivity contribution in [3.05, 3.63) is 47.5 Å². The Morgan fingerprint density at radius 2 is 2.26 bits per heavy atom. The number of aliphatic hydroxyl groups excluding tert-OH is 1. The van der Waals surface area contributed by atoms with Gasteiger partial charge in [0.25, 0.3) is 0 Å². The van der Waals surface area contributed by atoms with Gasteiger partial charge in [0.1, 0.15) is 12.3 Å².